The number of aliphatic hydroxyl groups excluding tert-OH is 1. The van der Waals surface area contributed by atoms with Gasteiger partial charge in [-0.15, -0.1) is 0 Å². The van der Waals surface area contributed by atoms with E-state index in [4.69, 9.17) is 37.9 Å². The average molecular weight is 519 g/mol. The highest BCUT2D eigenvalue weighted by atomic mass is 16.8. The van der Waals surface area contributed by atoms with E-state index in [9.17, 15) is 5.11 Å². The number of hydrogen-bond acceptors (Lipinski definition) is 9. The number of ether oxygens (including phenoxy) is 8. The first-order valence-corrected chi connectivity index (χ1v) is 12.5. The van der Waals surface area contributed by atoms with Gasteiger partial charge in [0.05, 0.1) is 26.4 Å². The third-order valence-corrected chi connectivity index (χ3v) is 6.59. The van der Waals surface area contributed by atoms with Crippen LogP contribution in [-0.2, 0) is 51.1 Å². The molecule has 2 aliphatic rings. The van der Waals surface area contributed by atoms with E-state index >= 15 is 0 Å². The van der Waals surface area contributed by atoms with Gasteiger partial charge in [-0.2, -0.15) is 0 Å². The minimum Gasteiger partial charge on any atom is -0.387 e. The molecule has 0 amide bonds. The molecular weight excluding hydrogens is 480 g/mol. The normalized spacial score (nSPS) is 30.0. The summed E-state index contributed by atoms with van der Waals surface area (Å²) < 4.78 is 47.7. The number of aliphatic hydroxyl groups is 1. The maximum Gasteiger partial charge on any atom is 0.187 e. The van der Waals surface area contributed by atoms with Crippen LogP contribution in [0.25, 0.3) is 0 Å². The third kappa shape index (κ3) is 6.75. The van der Waals surface area contributed by atoms with E-state index in [0.29, 0.717) is 6.61 Å². The molecule has 204 valence electrons. The van der Waals surface area contributed by atoms with Gasteiger partial charge in [0.15, 0.2) is 17.7 Å². The monoisotopic (exact) mass is 518 g/mol. The highest BCUT2D eigenvalue weighted by Gasteiger charge is 2.63. The molecule has 2 aromatic carbocycles. The van der Waals surface area contributed by atoms with Gasteiger partial charge in [0.2, 0.25) is 0 Å². The zero-order valence-electron chi connectivity index (χ0n) is 21.9. The molecule has 2 saturated heterocycles. The summed E-state index contributed by atoms with van der Waals surface area (Å²) in [5.74, 6) is -0.844. The van der Waals surface area contributed by atoms with Crippen molar-refractivity contribution in [2.45, 2.75) is 69.2 Å². The summed E-state index contributed by atoms with van der Waals surface area (Å²) in [7, 11) is 3.06. The second kappa shape index (κ2) is 12.8. The van der Waals surface area contributed by atoms with Crippen molar-refractivity contribution in [3.05, 3.63) is 71.8 Å². The minimum absolute atomic E-state index is 0.00446. The van der Waals surface area contributed by atoms with Crippen LogP contribution in [-0.4, -0.2) is 81.4 Å². The van der Waals surface area contributed by atoms with Crippen molar-refractivity contribution in [2.75, 3.05) is 34.2 Å². The van der Waals surface area contributed by atoms with Crippen molar-refractivity contribution in [3.8, 4) is 0 Å². The van der Waals surface area contributed by atoms with Gasteiger partial charge in [-0.25, -0.2) is 0 Å². The molecule has 6 atom stereocenters. The first kappa shape index (κ1) is 28.1. The highest BCUT2D eigenvalue weighted by Crippen LogP contribution is 2.42. The fraction of sp³-hybridized carbons (Fsp3) is 0.571. The van der Waals surface area contributed by atoms with Gasteiger partial charge < -0.3 is 43.0 Å². The van der Waals surface area contributed by atoms with Gasteiger partial charge >= 0.3 is 0 Å². The Hall–Kier alpha value is -1.92. The van der Waals surface area contributed by atoms with Gasteiger partial charge in [-0.3, -0.25) is 0 Å². The lowest BCUT2D eigenvalue weighted by atomic mass is 9.86. The van der Waals surface area contributed by atoms with E-state index < -0.39 is 42.1 Å². The molecule has 2 unspecified atom stereocenters. The molecule has 37 heavy (non-hydrogen) atoms. The van der Waals surface area contributed by atoms with Crippen LogP contribution in [0.3, 0.4) is 0 Å². The van der Waals surface area contributed by atoms with Gasteiger partial charge in [0.25, 0.3) is 0 Å². The Bertz CT molecular complexity index is 941. The maximum atomic E-state index is 11.8. The Morgan fingerprint density at radius 2 is 1.57 bits per heavy atom. The van der Waals surface area contributed by atoms with Crippen LogP contribution >= 0.6 is 0 Å². The second-order valence-electron chi connectivity index (χ2n) is 9.72. The Labute approximate surface area is 218 Å². The largest absolute Gasteiger partial charge is 0.387 e. The van der Waals surface area contributed by atoms with Gasteiger partial charge in [-0.05, 0) is 25.0 Å². The summed E-state index contributed by atoms with van der Waals surface area (Å²) in [6.45, 7) is 4.36. The Morgan fingerprint density at radius 3 is 2.14 bits per heavy atom. The number of hydrogen-bond donors (Lipinski definition) is 1. The minimum atomic E-state index is -1.39. The molecule has 9 heteroatoms. The molecule has 0 saturated carbocycles. The second-order valence-corrected chi connectivity index (χ2v) is 9.72. The van der Waals surface area contributed by atoms with E-state index in [-0.39, 0.29) is 26.6 Å². The van der Waals surface area contributed by atoms with Crippen molar-refractivity contribution in [1.82, 2.24) is 0 Å². The summed E-state index contributed by atoms with van der Waals surface area (Å²) in [5.41, 5.74) is 0.560. The fourth-order valence-electron chi connectivity index (χ4n) is 4.79. The summed E-state index contributed by atoms with van der Waals surface area (Å²) in [6, 6.07) is 19.5. The number of methoxy groups -OCH3 is 2. The highest BCUT2D eigenvalue weighted by molar-refractivity contribution is 5.16. The first-order chi connectivity index (χ1) is 17.9. The third-order valence-electron chi connectivity index (χ3n) is 6.59. The van der Waals surface area contributed by atoms with Gasteiger partial charge in [0.1, 0.15) is 31.2 Å². The standard InChI is InChI=1S/C28H38O9/c1-27(2)35-17-22(36-27)24(29)28(18-32-15-20-11-7-5-8-12-20)25(33-16-21-13-9-6-10-14-21)23(34-19-30-3)26(31-4)37-28/h5-14,22-26,29H,15-19H2,1-4H3/t22-,23-,24?,25-,26+,28?/m1/s1. The molecule has 4 rings (SSSR count). The molecular formula is C28H38O9. The van der Waals surface area contributed by atoms with Crippen LogP contribution < -0.4 is 0 Å². The van der Waals surface area contributed by atoms with Crippen molar-refractivity contribution in [1.29, 1.82) is 0 Å². The zero-order chi connectivity index (χ0) is 26.3. The quantitative estimate of drug-likeness (QED) is 0.402. The predicted molar refractivity (Wildman–Crippen MR) is 133 cm³/mol. The maximum absolute atomic E-state index is 11.8. The van der Waals surface area contributed by atoms with Crippen LogP contribution in [0.1, 0.15) is 25.0 Å². The zero-order valence-corrected chi connectivity index (χ0v) is 21.9. The fourth-order valence-corrected chi connectivity index (χ4v) is 4.79. The average Bonchev–Trinajstić information content (AvgIpc) is 3.43. The molecule has 0 radical (unpaired) electrons. The summed E-state index contributed by atoms with van der Waals surface area (Å²) in [6.07, 6.45) is -4.21. The molecule has 2 aromatic rings. The SMILES string of the molecule is COCO[C@H]1[C@@H](OC)OC(COCc2ccccc2)(C(O)[C@H]2COC(C)(C)O2)[C@@H]1OCc1ccccc1. The van der Waals surface area contributed by atoms with E-state index in [1.54, 1.807) is 13.8 Å². The molecule has 2 fully saturated rings. The molecule has 0 aliphatic carbocycles. The van der Waals surface area contributed by atoms with Crippen LogP contribution in [0, 0.1) is 0 Å². The molecule has 0 aromatic heterocycles. The molecule has 9 nitrogen and oxygen atoms in total. The lowest BCUT2D eigenvalue weighted by Crippen LogP contribution is -2.61. The molecule has 2 aliphatic heterocycles. The topological polar surface area (TPSA) is 94.1 Å². The van der Waals surface area contributed by atoms with Crippen LogP contribution in [0.5, 0.6) is 0 Å². The van der Waals surface area contributed by atoms with Crippen molar-refractivity contribution in [3.63, 3.8) is 0 Å². The van der Waals surface area contributed by atoms with E-state index in [2.05, 4.69) is 0 Å². The van der Waals surface area contributed by atoms with Gasteiger partial charge in [0, 0.05) is 14.2 Å². The van der Waals surface area contributed by atoms with E-state index in [0.717, 1.165) is 11.1 Å². The summed E-state index contributed by atoms with van der Waals surface area (Å²) in [5, 5.41) is 11.8. The lowest BCUT2D eigenvalue weighted by Gasteiger charge is -2.40. The first-order valence-electron chi connectivity index (χ1n) is 12.5. The number of rotatable bonds is 13. The van der Waals surface area contributed by atoms with Crippen LogP contribution in [0.2, 0.25) is 0 Å². The Balaban J connectivity index is 1.65. The van der Waals surface area contributed by atoms with Crippen LogP contribution in [0.4, 0.5) is 0 Å². The van der Waals surface area contributed by atoms with E-state index in [1.807, 2.05) is 60.7 Å². The van der Waals surface area contributed by atoms with Crippen molar-refractivity contribution >= 4 is 0 Å². The van der Waals surface area contributed by atoms with Crippen molar-refractivity contribution in [2.24, 2.45) is 0 Å². The summed E-state index contributed by atoms with van der Waals surface area (Å²) >= 11 is 0. The predicted octanol–water partition coefficient (Wildman–Crippen LogP) is 3.03. The molecule has 1 N–H and O–H groups in total. The summed E-state index contributed by atoms with van der Waals surface area (Å²) in [4.78, 5) is 0. The Kier molecular flexibility index (Phi) is 9.68. The van der Waals surface area contributed by atoms with Crippen LogP contribution in [0.15, 0.2) is 60.7 Å². The number of benzene rings is 2. The molecule has 2 heterocycles. The molecule has 0 bridgehead atoms. The lowest BCUT2D eigenvalue weighted by molar-refractivity contribution is -0.252. The smallest absolute Gasteiger partial charge is 0.187 e. The Morgan fingerprint density at radius 1 is 0.919 bits per heavy atom. The van der Waals surface area contributed by atoms with Crippen molar-refractivity contribution < 1.29 is 43.0 Å². The van der Waals surface area contributed by atoms with E-state index in [1.165, 1.54) is 14.2 Å². The van der Waals surface area contributed by atoms with Gasteiger partial charge in [-0.1, -0.05) is 60.7 Å². The molecule has 0 spiro atoms.